The van der Waals surface area contributed by atoms with Gasteiger partial charge in [-0.1, -0.05) is 0 Å². The molecule has 34 heavy (non-hydrogen) atoms. The summed E-state index contributed by atoms with van der Waals surface area (Å²) in [5.74, 6) is 1.30. The molecule has 3 heterocycles. The first-order valence-corrected chi connectivity index (χ1v) is 12.1. The number of anilines is 1. The third-order valence-electron chi connectivity index (χ3n) is 7.54. The molecule has 3 fully saturated rings. The van der Waals surface area contributed by atoms with Gasteiger partial charge in [-0.15, -0.1) is 10.2 Å². The van der Waals surface area contributed by atoms with Crippen LogP contribution in [0.2, 0.25) is 0 Å². The average Bonchev–Trinajstić information content (AvgIpc) is 3.76. The fraction of sp³-hybridized carbons (Fsp3) is 0.520. The molecule has 3 aliphatic rings. The maximum Gasteiger partial charge on any atom is 0.256 e. The Morgan fingerprint density at radius 3 is 2.59 bits per heavy atom. The summed E-state index contributed by atoms with van der Waals surface area (Å²) >= 11 is 0. The number of halogens is 2. The predicted molar refractivity (Wildman–Crippen MR) is 121 cm³/mol. The summed E-state index contributed by atoms with van der Waals surface area (Å²) in [6.45, 7) is 2.32. The van der Waals surface area contributed by atoms with E-state index in [9.17, 15) is 13.6 Å². The molecular weight excluding hydrogens is 440 g/mol. The predicted octanol–water partition coefficient (Wildman–Crippen LogP) is 4.32. The van der Waals surface area contributed by atoms with Gasteiger partial charge in [0.05, 0.1) is 12.2 Å². The van der Waals surface area contributed by atoms with Gasteiger partial charge >= 0.3 is 0 Å². The highest BCUT2D eigenvalue weighted by molar-refractivity contribution is 5.99. The van der Waals surface area contributed by atoms with Crippen molar-refractivity contribution in [3.63, 3.8) is 0 Å². The smallest absolute Gasteiger partial charge is 0.256 e. The molecule has 2 atom stereocenters. The molecule has 7 nitrogen and oxygen atoms in total. The van der Waals surface area contributed by atoms with Crippen LogP contribution in [0.4, 0.5) is 14.7 Å². The molecule has 0 radical (unpaired) electrons. The van der Waals surface area contributed by atoms with E-state index in [1.54, 1.807) is 6.20 Å². The Kier molecular flexibility index (Phi) is 5.42. The summed E-state index contributed by atoms with van der Waals surface area (Å²) in [5, 5.41) is 8.46. The number of aromatic nitrogens is 4. The van der Waals surface area contributed by atoms with Gasteiger partial charge in [0.1, 0.15) is 17.4 Å². The molecule has 0 spiro atoms. The molecule has 0 bridgehead atoms. The molecule has 2 unspecified atom stereocenters. The van der Waals surface area contributed by atoms with E-state index in [0.717, 1.165) is 50.4 Å². The summed E-state index contributed by atoms with van der Waals surface area (Å²) in [5.41, 5.74) is -0.418. The Hall–Kier alpha value is -3.10. The third kappa shape index (κ3) is 4.12. The normalized spacial score (nSPS) is 22.8. The summed E-state index contributed by atoms with van der Waals surface area (Å²) in [4.78, 5) is 18.6. The van der Waals surface area contributed by atoms with Crippen molar-refractivity contribution in [2.75, 3.05) is 24.6 Å². The number of ketones is 1. The summed E-state index contributed by atoms with van der Waals surface area (Å²) in [6, 6.07) is 4.17. The van der Waals surface area contributed by atoms with Crippen LogP contribution in [0, 0.1) is 35.3 Å². The molecule has 178 valence electrons. The van der Waals surface area contributed by atoms with E-state index in [2.05, 4.69) is 20.1 Å². The molecule has 6 rings (SSSR count). The monoisotopic (exact) mass is 467 g/mol. The van der Waals surface area contributed by atoms with Crippen LogP contribution in [0.3, 0.4) is 0 Å². The van der Waals surface area contributed by atoms with Crippen molar-refractivity contribution in [3.05, 3.63) is 47.8 Å². The number of ether oxygens (including phenoxy) is 1. The van der Waals surface area contributed by atoms with Crippen LogP contribution < -0.4 is 9.64 Å². The first kappa shape index (κ1) is 21.4. The molecule has 0 N–H and O–H groups in total. The number of hydrogen-bond acceptors (Lipinski definition) is 6. The van der Waals surface area contributed by atoms with Crippen molar-refractivity contribution in [1.82, 2.24) is 19.6 Å². The van der Waals surface area contributed by atoms with Gasteiger partial charge < -0.3 is 9.64 Å². The molecule has 1 aromatic carbocycles. The van der Waals surface area contributed by atoms with Crippen LogP contribution in [0.25, 0.3) is 5.78 Å². The number of Topliss-reactive ketones (excluding diaryl/α,β-unsaturated/α-hetero) is 1. The first-order chi connectivity index (χ1) is 16.6. The number of carbonyl (C=O) groups excluding carboxylic acids is 1. The minimum atomic E-state index is -0.820. The van der Waals surface area contributed by atoms with E-state index in [4.69, 9.17) is 4.74 Å². The zero-order valence-corrected chi connectivity index (χ0v) is 18.9. The van der Waals surface area contributed by atoms with Gasteiger partial charge in [0.15, 0.2) is 5.78 Å². The highest BCUT2D eigenvalue weighted by atomic mass is 19.1. The standard InChI is InChI=1S/C25H27F2N5O2/c26-20-13-18(14-21(27)22(20)23(33)16-2-3-16)34-11-6-17-12-19(17)15-4-9-31(10-5-15)25-30-29-24-28-7-1-8-32(24)25/h1,7-8,13-17,19H,2-6,9-12H2. The number of piperidine rings is 1. The van der Waals surface area contributed by atoms with Gasteiger partial charge in [-0.05, 0) is 62.3 Å². The highest BCUT2D eigenvalue weighted by Gasteiger charge is 2.43. The number of hydrogen-bond donors (Lipinski definition) is 0. The fourth-order valence-electron chi connectivity index (χ4n) is 5.40. The second-order valence-electron chi connectivity index (χ2n) is 9.81. The maximum atomic E-state index is 14.3. The second kappa shape index (κ2) is 8.60. The first-order valence-electron chi connectivity index (χ1n) is 12.1. The Balaban J connectivity index is 0.976. The van der Waals surface area contributed by atoms with E-state index in [0.29, 0.717) is 43.0 Å². The highest BCUT2D eigenvalue weighted by Crippen LogP contribution is 2.50. The molecule has 1 saturated heterocycles. The average molecular weight is 468 g/mol. The lowest BCUT2D eigenvalue weighted by Gasteiger charge is -2.32. The molecule has 2 aromatic heterocycles. The third-order valence-corrected chi connectivity index (χ3v) is 7.54. The van der Waals surface area contributed by atoms with Gasteiger partial charge in [-0.25, -0.2) is 13.8 Å². The van der Waals surface area contributed by atoms with Crippen molar-refractivity contribution < 1.29 is 18.3 Å². The zero-order valence-electron chi connectivity index (χ0n) is 18.9. The Morgan fingerprint density at radius 1 is 1.09 bits per heavy atom. The summed E-state index contributed by atoms with van der Waals surface area (Å²) < 4.78 is 36.2. The largest absolute Gasteiger partial charge is 0.493 e. The van der Waals surface area contributed by atoms with Crippen LogP contribution in [0.5, 0.6) is 5.75 Å². The quantitative estimate of drug-likeness (QED) is 0.460. The molecule has 1 aliphatic heterocycles. The van der Waals surface area contributed by atoms with E-state index in [1.165, 1.54) is 6.42 Å². The summed E-state index contributed by atoms with van der Waals surface area (Å²) in [6.07, 6.45) is 9.37. The van der Waals surface area contributed by atoms with Crippen LogP contribution >= 0.6 is 0 Å². The molecule has 3 aromatic rings. The lowest BCUT2D eigenvalue weighted by Crippen LogP contribution is -2.35. The van der Waals surface area contributed by atoms with Gasteiger partial charge in [0.25, 0.3) is 5.78 Å². The Labute approximate surface area is 196 Å². The molecule has 0 amide bonds. The molecule has 2 saturated carbocycles. The van der Waals surface area contributed by atoms with Gasteiger partial charge in [-0.3, -0.25) is 9.20 Å². The maximum absolute atomic E-state index is 14.3. The summed E-state index contributed by atoms with van der Waals surface area (Å²) in [7, 11) is 0. The van der Waals surface area contributed by atoms with Crippen molar-refractivity contribution in [3.8, 4) is 5.75 Å². The Morgan fingerprint density at radius 2 is 1.85 bits per heavy atom. The van der Waals surface area contributed by atoms with Crippen LogP contribution in [-0.2, 0) is 0 Å². The fourth-order valence-corrected chi connectivity index (χ4v) is 5.40. The van der Waals surface area contributed by atoms with E-state index in [1.807, 2.05) is 16.7 Å². The van der Waals surface area contributed by atoms with E-state index in [-0.39, 0.29) is 11.7 Å². The molecular formula is C25H27F2N5O2. The van der Waals surface area contributed by atoms with Crippen molar-refractivity contribution in [1.29, 1.82) is 0 Å². The topological polar surface area (TPSA) is 72.6 Å². The van der Waals surface area contributed by atoms with Gasteiger partial charge in [0.2, 0.25) is 5.95 Å². The van der Waals surface area contributed by atoms with Crippen molar-refractivity contribution in [2.24, 2.45) is 23.7 Å². The van der Waals surface area contributed by atoms with Gasteiger partial charge in [-0.2, -0.15) is 0 Å². The number of rotatable bonds is 8. The van der Waals surface area contributed by atoms with Crippen LogP contribution in [0.15, 0.2) is 30.6 Å². The second-order valence-corrected chi connectivity index (χ2v) is 9.81. The van der Waals surface area contributed by atoms with E-state index >= 15 is 0 Å². The van der Waals surface area contributed by atoms with E-state index < -0.39 is 23.0 Å². The Bertz CT molecular complexity index is 1200. The molecule has 2 aliphatic carbocycles. The zero-order chi connectivity index (χ0) is 23.2. The number of carbonyl (C=O) groups is 1. The van der Waals surface area contributed by atoms with Crippen LogP contribution in [0.1, 0.15) is 48.9 Å². The minimum Gasteiger partial charge on any atom is -0.493 e. The van der Waals surface area contributed by atoms with Gasteiger partial charge in [0, 0.05) is 43.5 Å². The lowest BCUT2D eigenvalue weighted by molar-refractivity contribution is 0.0959. The lowest BCUT2D eigenvalue weighted by atomic mass is 9.90. The minimum absolute atomic E-state index is 0.155. The number of nitrogens with zero attached hydrogens (tertiary/aromatic N) is 5. The SMILES string of the molecule is O=C(c1c(F)cc(OCCC2CC2C2CCN(c3nnc4ncccn34)CC2)cc1F)C1CC1. The number of benzene rings is 1. The number of fused-ring (bicyclic) bond motifs is 1. The molecule has 9 heteroatoms. The van der Waals surface area contributed by atoms with Crippen molar-refractivity contribution in [2.45, 2.75) is 38.5 Å². The van der Waals surface area contributed by atoms with Crippen LogP contribution in [-0.4, -0.2) is 45.1 Å². The van der Waals surface area contributed by atoms with Crippen molar-refractivity contribution >= 4 is 17.5 Å².